The third-order valence-corrected chi connectivity index (χ3v) is 3.06. The van der Waals surface area contributed by atoms with E-state index in [2.05, 4.69) is 16.8 Å². The van der Waals surface area contributed by atoms with Crippen molar-refractivity contribution in [2.45, 2.75) is 25.8 Å². The molecule has 1 saturated heterocycles. The van der Waals surface area contributed by atoms with E-state index in [0.717, 1.165) is 19.4 Å². The minimum absolute atomic E-state index is 0.00148. The summed E-state index contributed by atoms with van der Waals surface area (Å²) in [5.41, 5.74) is 0.00148. The van der Waals surface area contributed by atoms with Crippen LogP contribution in [0.2, 0.25) is 5.02 Å². The molecule has 0 spiro atoms. The minimum atomic E-state index is -1.05. The first-order valence-corrected chi connectivity index (χ1v) is 5.63. The zero-order valence-electron chi connectivity index (χ0n) is 8.98. The molecule has 0 amide bonds. The smallest absolute Gasteiger partial charge is 0.354 e. The van der Waals surface area contributed by atoms with Crippen molar-refractivity contribution in [2.75, 3.05) is 11.4 Å². The van der Waals surface area contributed by atoms with Crippen molar-refractivity contribution >= 4 is 23.4 Å². The number of pyridine rings is 1. The summed E-state index contributed by atoms with van der Waals surface area (Å²) in [6.45, 7) is 3.02. The Balaban J connectivity index is 2.37. The first-order valence-electron chi connectivity index (χ1n) is 5.25. The number of rotatable bonds is 2. The zero-order chi connectivity index (χ0) is 11.7. The Morgan fingerprint density at radius 2 is 2.38 bits per heavy atom. The minimum Gasteiger partial charge on any atom is -0.477 e. The number of hydrogen-bond donors (Lipinski definition) is 1. The molecule has 1 aromatic heterocycles. The van der Waals surface area contributed by atoms with E-state index in [4.69, 9.17) is 16.7 Å². The lowest BCUT2D eigenvalue weighted by Crippen LogP contribution is -2.27. The SMILES string of the molecule is C[C@@H]1CCCN1c1cc(Cl)cc(C(=O)O)n1. The van der Waals surface area contributed by atoms with Gasteiger partial charge in [-0.05, 0) is 31.9 Å². The van der Waals surface area contributed by atoms with Crippen molar-refractivity contribution < 1.29 is 9.90 Å². The predicted octanol–water partition coefficient (Wildman–Crippen LogP) is 2.42. The largest absolute Gasteiger partial charge is 0.477 e. The molecule has 0 saturated carbocycles. The number of halogens is 1. The Kier molecular flexibility index (Phi) is 3.01. The van der Waals surface area contributed by atoms with Gasteiger partial charge in [0.1, 0.15) is 5.82 Å². The summed E-state index contributed by atoms with van der Waals surface area (Å²) in [7, 11) is 0. The molecule has 0 bridgehead atoms. The number of carbonyl (C=O) groups is 1. The molecule has 86 valence electrons. The number of carboxylic acid groups (broad SMARTS) is 1. The fraction of sp³-hybridized carbons (Fsp3) is 0.455. The van der Waals surface area contributed by atoms with Crippen LogP contribution in [0, 0.1) is 0 Å². The van der Waals surface area contributed by atoms with E-state index in [1.165, 1.54) is 6.07 Å². The van der Waals surface area contributed by atoms with Crippen molar-refractivity contribution in [3.63, 3.8) is 0 Å². The lowest BCUT2D eigenvalue weighted by molar-refractivity contribution is 0.0690. The molecule has 0 aromatic carbocycles. The van der Waals surface area contributed by atoms with E-state index in [9.17, 15) is 4.79 Å². The second-order valence-corrected chi connectivity index (χ2v) is 4.46. The zero-order valence-corrected chi connectivity index (χ0v) is 9.74. The van der Waals surface area contributed by atoms with Gasteiger partial charge < -0.3 is 10.0 Å². The quantitative estimate of drug-likeness (QED) is 0.863. The van der Waals surface area contributed by atoms with E-state index in [1.54, 1.807) is 6.07 Å². The van der Waals surface area contributed by atoms with Gasteiger partial charge in [0.05, 0.1) is 0 Å². The topological polar surface area (TPSA) is 53.4 Å². The summed E-state index contributed by atoms with van der Waals surface area (Å²) >= 11 is 5.89. The van der Waals surface area contributed by atoms with Gasteiger partial charge in [0.2, 0.25) is 0 Å². The highest BCUT2D eigenvalue weighted by atomic mass is 35.5. The van der Waals surface area contributed by atoms with Crippen LogP contribution in [0.4, 0.5) is 5.82 Å². The molecule has 2 heterocycles. The Labute approximate surface area is 98.9 Å². The van der Waals surface area contributed by atoms with Crippen molar-refractivity contribution in [3.05, 3.63) is 22.8 Å². The summed E-state index contributed by atoms with van der Waals surface area (Å²) in [5.74, 6) is -0.384. The second kappa shape index (κ2) is 4.29. The maximum atomic E-state index is 10.9. The normalized spacial score (nSPS) is 20.1. The fourth-order valence-electron chi connectivity index (χ4n) is 2.01. The summed E-state index contributed by atoms with van der Waals surface area (Å²) < 4.78 is 0. The number of aromatic carboxylic acids is 1. The molecule has 1 fully saturated rings. The molecular weight excluding hydrogens is 228 g/mol. The molecule has 1 aliphatic heterocycles. The maximum absolute atomic E-state index is 10.9. The van der Waals surface area contributed by atoms with Gasteiger partial charge in [-0.15, -0.1) is 0 Å². The summed E-state index contributed by atoms with van der Waals surface area (Å²) in [6.07, 6.45) is 2.22. The van der Waals surface area contributed by atoms with Crippen molar-refractivity contribution in [1.29, 1.82) is 0 Å². The van der Waals surface area contributed by atoms with Crippen LogP contribution in [-0.2, 0) is 0 Å². The molecular formula is C11H13ClN2O2. The highest BCUT2D eigenvalue weighted by Gasteiger charge is 2.22. The van der Waals surface area contributed by atoms with Gasteiger partial charge in [-0.2, -0.15) is 0 Å². The van der Waals surface area contributed by atoms with Crippen molar-refractivity contribution in [2.24, 2.45) is 0 Å². The van der Waals surface area contributed by atoms with Gasteiger partial charge >= 0.3 is 5.97 Å². The first-order chi connectivity index (χ1) is 7.58. The van der Waals surface area contributed by atoms with Gasteiger partial charge in [-0.1, -0.05) is 11.6 Å². The standard InChI is InChI=1S/C11H13ClN2O2/c1-7-3-2-4-14(7)10-6-8(12)5-9(13-10)11(15)16/h5-7H,2-4H2,1H3,(H,15,16)/t7-/m1/s1. The van der Waals surface area contributed by atoms with E-state index in [0.29, 0.717) is 16.9 Å². The number of nitrogens with zero attached hydrogens (tertiary/aromatic N) is 2. The molecule has 4 nitrogen and oxygen atoms in total. The number of anilines is 1. The van der Waals surface area contributed by atoms with Gasteiger partial charge in [0, 0.05) is 17.6 Å². The molecule has 1 aliphatic rings. The van der Waals surface area contributed by atoms with Gasteiger partial charge in [-0.25, -0.2) is 9.78 Å². The van der Waals surface area contributed by atoms with Crippen LogP contribution in [0.15, 0.2) is 12.1 Å². The molecule has 0 radical (unpaired) electrons. The van der Waals surface area contributed by atoms with Crippen LogP contribution in [0.3, 0.4) is 0 Å². The Morgan fingerprint density at radius 1 is 1.62 bits per heavy atom. The molecule has 0 unspecified atom stereocenters. The summed E-state index contributed by atoms with van der Waals surface area (Å²) in [4.78, 5) is 17.1. The summed E-state index contributed by atoms with van der Waals surface area (Å²) in [6, 6.07) is 3.48. The molecule has 1 N–H and O–H groups in total. The van der Waals surface area contributed by atoms with Crippen LogP contribution < -0.4 is 4.90 Å². The Bertz CT molecular complexity index is 422. The number of carboxylic acids is 1. The van der Waals surface area contributed by atoms with E-state index < -0.39 is 5.97 Å². The molecule has 2 rings (SSSR count). The average molecular weight is 241 g/mol. The van der Waals surface area contributed by atoms with Gasteiger partial charge in [0.15, 0.2) is 5.69 Å². The monoisotopic (exact) mass is 240 g/mol. The molecule has 16 heavy (non-hydrogen) atoms. The van der Waals surface area contributed by atoms with Crippen LogP contribution in [0.1, 0.15) is 30.3 Å². The number of aromatic nitrogens is 1. The average Bonchev–Trinajstić information content (AvgIpc) is 2.63. The highest BCUT2D eigenvalue weighted by molar-refractivity contribution is 6.31. The first kappa shape index (κ1) is 11.2. The third-order valence-electron chi connectivity index (χ3n) is 2.84. The molecule has 1 aromatic rings. The third kappa shape index (κ3) is 2.11. The lowest BCUT2D eigenvalue weighted by Gasteiger charge is -2.22. The number of hydrogen-bond acceptors (Lipinski definition) is 3. The van der Waals surface area contributed by atoms with Gasteiger partial charge in [-0.3, -0.25) is 0 Å². The van der Waals surface area contributed by atoms with Crippen molar-refractivity contribution in [3.8, 4) is 0 Å². The van der Waals surface area contributed by atoms with Crippen LogP contribution in [-0.4, -0.2) is 28.6 Å². The van der Waals surface area contributed by atoms with E-state index in [-0.39, 0.29) is 5.69 Å². The molecule has 5 heteroatoms. The van der Waals surface area contributed by atoms with E-state index >= 15 is 0 Å². The highest BCUT2D eigenvalue weighted by Crippen LogP contribution is 2.26. The van der Waals surface area contributed by atoms with Crippen LogP contribution in [0.25, 0.3) is 0 Å². The van der Waals surface area contributed by atoms with Gasteiger partial charge in [0.25, 0.3) is 0 Å². The fourth-order valence-corrected chi connectivity index (χ4v) is 2.21. The van der Waals surface area contributed by atoms with E-state index in [1.807, 2.05) is 0 Å². The molecule has 1 atom stereocenters. The summed E-state index contributed by atoms with van der Waals surface area (Å²) in [5, 5.41) is 9.32. The van der Waals surface area contributed by atoms with Crippen molar-refractivity contribution in [1.82, 2.24) is 4.98 Å². The van der Waals surface area contributed by atoms with Crippen LogP contribution >= 0.6 is 11.6 Å². The lowest BCUT2D eigenvalue weighted by atomic mass is 10.2. The maximum Gasteiger partial charge on any atom is 0.354 e. The molecule has 0 aliphatic carbocycles. The second-order valence-electron chi connectivity index (χ2n) is 4.02. The Morgan fingerprint density at radius 3 is 2.94 bits per heavy atom. The Hall–Kier alpha value is -1.29. The van der Waals surface area contributed by atoms with Crippen LogP contribution in [0.5, 0.6) is 0 Å². The predicted molar refractivity (Wildman–Crippen MR) is 62.2 cm³/mol.